The van der Waals surface area contributed by atoms with Gasteiger partial charge in [0.25, 0.3) is 11.6 Å². The van der Waals surface area contributed by atoms with E-state index in [4.69, 9.17) is 17.0 Å². The molecule has 2 aromatic carbocycles. The molecule has 4 rings (SSSR count). The van der Waals surface area contributed by atoms with Gasteiger partial charge in [-0.25, -0.2) is 4.79 Å². The van der Waals surface area contributed by atoms with Gasteiger partial charge in [0, 0.05) is 19.2 Å². The Kier molecular flexibility index (Phi) is 6.21. The van der Waals surface area contributed by atoms with Gasteiger partial charge in [0.1, 0.15) is 5.69 Å². The van der Waals surface area contributed by atoms with E-state index < -0.39 is 16.8 Å². The Balaban J connectivity index is 1.64. The Hall–Kier alpha value is -3.28. The molecular formula is C21H17N3O6S2. The average molecular weight is 472 g/mol. The zero-order chi connectivity index (χ0) is 22.8. The second-order valence-corrected chi connectivity index (χ2v) is 8.65. The Morgan fingerprint density at radius 2 is 1.97 bits per heavy atom. The molecule has 1 amide bonds. The summed E-state index contributed by atoms with van der Waals surface area (Å²) in [6, 6.07) is 10.8. The quantitative estimate of drug-likeness (QED) is 0.303. The number of carboxylic acid groups (broad SMARTS) is 1. The molecule has 0 atom stereocenters. The predicted octanol–water partition coefficient (Wildman–Crippen LogP) is 3.54. The first kappa shape index (κ1) is 21.9. The van der Waals surface area contributed by atoms with Gasteiger partial charge in [-0.3, -0.25) is 19.8 Å². The van der Waals surface area contributed by atoms with Crippen LogP contribution in [0.5, 0.6) is 0 Å². The molecule has 11 heteroatoms. The summed E-state index contributed by atoms with van der Waals surface area (Å²) in [4.78, 5) is 38.9. The maximum Gasteiger partial charge on any atom is 0.335 e. The number of anilines is 2. The number of rotatable bonds is 5. The third-order valence-electron chi connectivity index (χ3n) is 4.99. The minimum atomic E-state index is -1.11. The fraction of sp³-hybridized carbons (Fsp3) is 0.190. The van der Waals surface area contributed by atoms with Crippen molar-refractivity contribution in [2.24, 2.45) is 0 Å². The Bertz CT molecular complexity index is 1160. The Labute approximate surface area is 192 Å². The van der Waals surface area contributed by atoms with E-state index in [2.05, 4.69) is 0 Å². The van der Waals surface area contributed by atoms with Gasteiger partial charge in [0.05, 0.1) is 34.3 Å². The van der Waals surface area contributed by atoms with E-state index in [0.29, 0.717) is 48.1 Å². The average Bonchev–Trinajstić information content (AvgIpc) is 3.07. The molecule has 0 saturated carbocycles. The van der Waals surface area contributed by atoms with Crippen molar-refractivity contribution in [3.8, 4) is 0 Å². The molecule has 2 saturated heterocycles. The third-order valence-corrected chi connectivity index (χ3v) is 6.29. The van der Waals surface area contributed by atoms with Crippen LogP contribution < -0.4 is 9.80 Å². The highest BCUT2D eigenvalue weighted by Crippen LogP contribution is 2.37. The van der Waals surface area contributed by atoms with Crippen LogP contribution in [0, 0.1) is 10.1 Å². The van der Waals surface area contributed by atoms with Crippen LogP contribution in [0.2, 0.25) is 0 Å². The number of nitrogens with zero attached hydrogens (tertiary/aromatic N) is 3. The van der Waals surface area contributed by atoms with Gasteiger partial charge in [-0.1, -0.05) is 36.1 Å². The number of hydrogen-bond donors (Lipinski definition) is 1. The van der Waals surface area contributed by atoms with Crippen molar-refractivity contribution in [1.82, 2.24) is 0 Å². The summed E-state index contributed by atoms with van der Waals surface area (Å²) in [5, 5.41) is 20.9. The molecular weight excluding hydrogens is 454 g/mol. The molecule has 2 aliphatic heterocycles. The summed E-state index contributed by atoms with van der Waals surface area (Å²) in [7, 11) is 0. The molecule has 1 N–H and O–H groups in total. The molecule has 32 heavy (non-hydrogen) atoms. The summed E-state index contributed by atoms with van der Waals surface area (Å²) in [6.07, 6.45) is 1.55. The fourth-order valence-electron chi connectivity index (χ4n) is 3.47. The van der Waals surface area contributed by atoms with Crippen LogP contribution in [-0.2, 0) is 9.53 Å². The van der Waals surface area contributed by atoms with Crippen molar-refractivity contribution in [2.75, 3.05) is 36.1 Å². The molecule has 0 radical (unpaired) electrons. The molecule has 2 aliphatic rings. The molecule has 2 aromatic rings. The van der Waals surface area contributed by atoms with Gasteiger partial charge >= 0.3 is 5.97 Å². The van der Waals surface area contributed by atoms with Crippen LogP contribution in [0.25, 0.3) is 6.08 Å². The van der Waals surface area contributed by atoms with Crippen molar-refractivity contribution in [1.29, 1.82) is 0 Å². The predicted molar refractivity (Wildman–Crippen MR) is 125 cm³/mol. The van der Waals surface area contributed by atoms with Gasteiger partial charge in [0.2, 0.25) is 0 Å². The van der Waals surface area contributed by atoms with Crippen molar-refractivity contribution >= 4 is 63.3 Å². The number of nitro benzene ring substituents is 1. The molecule has 0 bridgehead atoms. The number of hydrogen-bond acceptors (Lipinski definition) is 8. The lowest BCUT2D eigenvalue weighted by atomic mass is 10.1. The number of thiocarbonyl (C=S) groups is 1. The second kappa shape index (κ2) is 9.07. The van der Waals surface area contributed by atoms with Crippen LogP contribution in [0.1, 0.15) is 15.9 Å². The molecule has 9 nitrogen and oxygen atoms in total. The standard InChI is InChI=1S/C21H17N3O6S2/c25-19-18(32-21(31)23(19)15-3-1-2-14(12-15)20(26)27)11-13-4-5-16(17(10-13)24(28)29)22-6-8-30-9-7-22/h1-5,10-12H,6-9H2,(H,26,27)/b18-11+. The van der Waals surface area contributed by atoms with Crippen molar-refractivity contribution in [3.63, 3.8) is 0 Å². The lowest BCUT2D eigenvalue weighted by Crippen LogP contribution is -2.36. The lowest BCUT2D eigenvalue weighted by Gasteiger charge is -2.28. The highest BCUT2D eigenvalue weighted by molar-refractivity contribution is 8.27. The van der Waals surface area contributed by atoms with Gasteiger partial charge in [-0.2, -0.15) is 0 Å². The lowest BCUT2D eigenvalue weighted by molar-refractivity contribution is -0.384. The van der Waals surface area contributed by atoms with Crippen LogP contribution in [0.4, 0.5) is 17.1 Å². The summed E-state index contributed by atoms with van der Waals surface area (Å²) in [5.74, 6) is -1.53. The number of nitro groups is 1. The summed E-state index contributed by atoms with van der Waals surface area (Å²) < 4.78 is 5.57. The smallest absolute Gasteiger partial charge is 0.335 e. The zero-order valence-electron chi connectivity index (χ0n) is 16.6. The monoisotopic (exact) mass is 471 g/mol. The Morgan fingerprint density at radius 3 is 2.66 bits per heavy atom. The molecule has 0 spiro atoms. The number of benzene rings is 2. The number of carbonyl (C=O) groups is 2. The third kappa shape index (κ3) is 4.35. The molecule has 0 unspecified atom stereocenters. The molecule has 2 heterocycles. The van der Waals surface area contributed by atoms with Crippen molar-refractivity contribution in [3.05, 3.63) is 68.6 Å². The van der Waals surface area contributed by atoms with E-state index in [1.807, 2.05) is 4.90 Å². The SMILES string of the molecule is O=C(O)c1cccc(N2C(=O)/C(=C\c3ccc(N4CCOCC4)c([N+](=O)[O-])c3)SC2=S)c1. The maximum absolute atomic E-state index is 13.0. The van der Waals surface area contributed by atoms with Gasteiger partial charge in [-0.15, -0.1) is 0 Å². The van der Waals surface area contributed by atoms with Gasteiger partial charge in [-0.05, 0) is 35.9 Å². The molecule has 0 aromatic heterocycles. The number of amides is 1. The van der Waals surface area contributed by atoms with Crippen LogP contribution in [-0.4, -0.2) is 52.5 Å². The molecule has 164 valence electrons. The number of thioether (sulfide) groups is 1. The minimum absolute atomic E-state index is 0.0369. The highest BCUT2D eigenvalue weighted by Gasteiger charge is 2.34. The largest absolute Gasteiger partial charge is 0.478 e. The zero-order valence-corrected chi connectivity index (χ0v) is 18.2. The molecule has 0 aliphatic carbocycles. The van der Waals surface area contributed by atoms with E-state index in [1.54, 1.807) is 24.3 Å². The number of morpholine rings is 1. The number of ether oxygens (including phenoxy) is 1. The van der Waals surface area contributed by atoms with E-state index in [1.165, 1.54) is 29.2 Å². The minimum Gasteiger partial charge on any atom is -0.478 e. The van der Waals surface area contributed by atoms with Crippen molar-refractivity contribution < 1.29 is 24.4 Å². The van der Waals surface area contributed by atoms with Crippen LogP contribution >= 0.6 is 24.0 Å². The fourth-order valence-corrected chi connectivity index (χ4v) is 4.77. The van der Waals surface area contributed by atoms with Crippen molar-refractivity contribution in [2.45, 2.75) is 0 Å². The molecule has 2 fully saturated rings. The first-order valence-corrected chi connectivity index (χ1v) is 10.8. The van der Waals surface area contributed by atoms with Gasteiger partial charge < -0.3 is 14.7 Å². The topological polar surface area (TPSA) is 113 Å². The first-order chi connectivity index (χ1) is 15.3. The van der Waals surface area contributed by atoms with E-state index in [9.17, 15) is 24.8 Å². The van der Waals surface area contributed by atoms with Gasteiger partial charge in [0.15, 0.2) is 4.32 Å². The highest BCUT2D eigenvalue weighted by atomic mass is 32.2. The summed E-state index contributed by atoms with van der Waals surface area (Å²) >= 11 is 6.39. The van der Waals surface area contributed by atoms with Crippen LogP contribution in [0.3, 0.4) is 0 Å². The maximum atomic E-state index is 13.0. The first-order valence-electron chi connectivity index (χ1n) is 9.57. The normalized spacial score (nSPS) is 17.8. The summed E-state index contributed by atoms with van der Waals surface area (Å²) in [5.41, 5.74) is 1.34. The number of aromatic carboxylic acids is 1. The summed E-state index contributed by atoms with van der Waals surface area (Å²) in [6.45, 7) is 2.14. The van der Waals surface area contributed by atoms with E-state index >= 15 is 0 Å². The van der Waals surface area contributed by atoms with Crippen LogP contribution in [0.15, 0.2) is 47.4 Å². The van der Waals surface area contributed by atoms with E-state index in [-0.39, 0.29) is 15.6 Å². The second-order valence-electron chi connectivity index (χ2n) is 6.98. The van der Waals surface area contributed by atoms with E-state index in [0.717, 1.165) is 11.8 Å². The number of carbonyl (C=O) groups excluding carboxylic acids is 1. The number of carboxylic acids is 1. The Morgan fingerprint density at radius 1 is 1.22 bits per heavy atom.